The Labute approximate surface area is 155 Å². The fraction of sp³-hybridized carbons (Fsp3) is 0.318. The molecule has 0 fully saturated rings. The summed E-state index contributed by atoms with van der Waals surface area (Å²) in [4.78, 5) is 13.5. The Morgan fingerprint density at radius 2 is 1.72 bits per heavy atom. The average molecular weight is 355 g/mol. The van der Waals surface area contributed by atoms with Crippen LogP contribution in [0.1, 0.15) is 48.5 Å². The molecule has 2 rings (SSSR count). The van der Waals surface area contributed by atoms with Gasteiger partial charge in [0.05, 0.1) is 6.61 Å². The molecule has 0 radical (unpaired) electrons. The van der Waals surface area contributed by atoms with Crippen LogP contribution >= 0.6 is 11.8 Å². The summed E-state index contributed by atoms with van der Waals surface area (Å²) in [5, 5.41) is 0. The minimum absolute atomic E-state index is 0.00318. The number of ether oxygens (including phenoxy) is 1. The van der Waals surface area contributed by atoms with Crippen LogP contribution in [0.3, 0.4) is 0 Å². The van der Waals surface area contributed by atoms with Crippen molar-refractivity contribution in [3.8, 4) is 5.75 Å². The summed E-state index contributed by atoms with van der Waals surface area (Å²) in [6.45, 7) is 2.93. The summed E-state index contributed by atoms with van der Waals surface area (Å²) < 4.78 is 5.71. The van der Waals surface area contributed by atoms with E-state index in [-0.39, 0.29) is 5.78 Å². The van der Waals surface area contributed by atoms with Crippen LogP contribution in [0.5, 0.6) is 5.75 Å². The molecule has 0 aromatic heterocycles. The first-order chi connectivity index (χ1) is 12.2. The van der Waals surface area contributed by atoms with Crippen molar-refractivity contribution in [3.63, 3.8) is 0 Å². The van der Waals surface area contributed by atoms with Gasteiger partial charge in [0.25, 0.3) is 0 Å². The number of benzene rings is 2. The Morgan fingerprint density at radius 1 is 1.00 bits per heavy atom. The summed E-state index contributed by atoms with van der Waals surface area (Å²) in [7, 11) is 0. The smallest absolute Gasteiger partial charge is 0.185 e. The van der Waals surface area contributed by atoms with Crippen LogP contribution in [0.2, 0.25) is 0 Å². The fourth-order valence-electron chi connectivity index (χ4n) is 2.42. The molecule has 0 heterocycles. The normalized spacial score (nSPS) is 11.0. The molecule has 3 heteroatoms. The standard InChI is InChI=1S/C22H26O2S/c1-3-4-5-6-17-24-20-12-10-19(11-13-20)22(23)16-9-18-7-14-21(25-2)15-8-18/h7-16H,3-6,17H2,1-2H3. The van der Waals surface area contributed by atoms with Gasteiger partial charge in [0.15, 0.2) is 5.78 Å². The molecule has 25 heavy (non-hydrogen) atoms. The Hall–Kier alpha value is -2.00. The highest BCUT2D eigenvalue weighted by Gasteiger charge is 2.02. The lowest BCUT2D eigenvalue weighted by atomic mass is 10.1. The van der Waals surface area contributed by atoms with E-state index in [1.165, 1.54) is 24.2 Å². The molecule has 2 aromatic carbocycles. The average Bonchev–Trinajstić information content (AvgIpc) is 2.67. The van der Waals surface area contributed by atoms with Crippen LogP contribution in [0.4, 0.5) is 0 Å². The zero-order valence-corrected chi connectivity index (χ0v) is 15.9. The molecule has 0 saturated carbocycles. The molecule has 0 aliphatic rings. The summed E-state index contributed by atoms with van der Waals surface area (Å²) in [6, 6.07) is 15.5. The summed E-state index contributed by atoms with van der Waals surface area (Å²) in [5.41, 5.74) is 1.70. The summed E-state index contributed by atoms with van der Waals surface area (Å²) in [6.07, 6.45) is 10.3. The van der Waals surface area contributed by atoms with E-state index >= 15 is 0 Å². The lowest BCUT2D eigenvalue weighted by Crippen LogP contribution is -1.98. The van der Waals surface area contributed by atoms with Crippen molar-refractivity contribution in [1.29, 1.82) is 0 Å². The first kappa shape index (κ1) is 19.3. The Kier molecular flexibility index (Phi) is 8.33. The van der Waals surface area contributed by atoms with E-state index < -0.39 is 0 Å². The second-order valence-corrected chi connectivity index (χ2v) is 6.78. The minimum atomic E-state index is 0.00318. The van der Waals surface area contributed by atoms with Crippen LogP contribution < -0.4 is 4.74 Å². The molecular weight excluding hydrogens is 328 g/mol. The van der Waals surface area contributed by atoms with E-state index in [0.29, 0.717) is 5.56 Å². The van der Waals surface area contributed by atoms with Gasteiger partial charge in [-0.15, -0.1) is 11.8 Å². The van der Waals surface area contributed by atoms with Crippen LogP contribution in [0.15, 0.2) is 59.5 Å². The molecule has 0 spiro atoms. The molecule has 0 bridgehead atoms. The lowest BCUT2D eigenvalue weighted by Gasteiger charge is -2.06. The highest BCUT2D eigenvalue weighted by atomic mass is 32.2. The topological polar surface area (TPSA) is 26.3 Å². The Morgan fingerprint density at radius 3 is 2.36 bits per heavy atom. The van der Waals surface area contributed by atoms with Gasteiger partial charge in [-0.05, 0) is 60.7 Å². The molecule has 2 nitrogen and oxygen atoms in total. The number of rotatable bonds is 10. The van der Waals surface area contributed by atoms with Crippen molar-refractivity contribution in [1.82, 2.24) is 0 Å². The number of thioether (sulfide) groups is 1. The van der Waals surface area contributed by atoms with Crippen molar-refractivity contribution < 1.29 is 9.53 Å². The number of carbonyl (C=O) groups excluding carboxylic acids is 1. The molecule has 0 unspecified atom stereocenters. The van der Waals surface area contributed by atoms with E-state index in [9.17, 15) is 4.79 Å². The molecular formula is C22H26O2S. The van der Waals surface area contributed by atoms with E-state index in [1.54, 1.807) is 17.8 Å². The third-order valence-corrected chi connectivity index (χ3v) is 4.69. The van der Waals surface area contributed by atoms with Gasteiger partial charge in [-0.3, -0.25) is 4.79 Å². The van der Waals surface area contributed by atoms with Crippen molar-refractivity contribution in [2.75, 3.05) is 12.9 Å². The Balaban J connectivity index is 1.85. The molecule has 0 saturated heterocycles. The SMILES string of the molecule is CCCCCCOc1ccc(C(=O)C=Cc2ccc(SC)cc2)cc1. The first-order valence-electron chi connectivity index (χ1n) is 8.82. The van der Waals surface area contributed by atoms with Crippen LogP contribution in [0.25, 0.3) is 6.08 Å². The molecule has 0 aliphatic carbocycles. The van der Waals surface area contributed by atoms with Crippen molar-refractivity contribution in [2.45, 2.75) is 37.5 Å². The van der Waals surface area contributed by atoms with Gasteiger partial charge in [-0.1, -0.05) is 44.4 Å². The van der Waals surface area contributed by atoms with Crippen molar-refractivity contribution in [2.24, 2.45) is 0 Å². The predicted molar refractivity (Wildman–Crippen MR) is 108 cm³/mol. The van der Waals surface area contributed by atoms with Gasteiger partial charge in [-0.25, -0.2) is 0 Å². The summed E-state index contributed by atoms with van der Waals surface area (Å²) >= 11 is 1.71. The number of ketones is 1. The number of unbranched alkanes of at least 4 members (excludes halogenated alkanes) is 3. The highest BCUT2D eigenvalue weighted by molar-refractivity contribution is 7.98. The minimum Gasteiger partial charge on any atom is -0.494 e. The maximum absolute atomic E-state index is 12.3. The van der Waals surface area contributed by atoms with Crippen molar-refractivity contribution in [3.05, 3.63) is 65.7 Å². The Bertz CT molecular complexity index is 672. The van der Waals surface area contributed by atoms with Crippen LogP contribution in [0, 0.1) is 0 Å². The number of carbonyl (C=O) groups is 1. The zero-order chi connectivity index (χ0) is 17.9. The quantitative estimate of drug-likeness (QED) is 0.218. The van der Waals surface area contributed by atoms with Crippen molar-refractivity contribution >= 4 is 23.6 Å². The molecule has 0 aliphatic heterocycles. The van der Waals surface area contributed by atoms with Crippen LogP contribution in [-0.2, 0) is 0 Å². The fourth-order valence-corrected chi connectivity index (χ4v) is 2.83. The molecule has 0 amide bonds. The van der Waals surface area contributed by atoms with Crippen LogP contribution in [-0.4, -0.2) is 18.6 Å². The first-order valence-corrected chi connectivity index (χ1v) is 10.0. The molecule has 0 atom stereocenters. The predicted octanol–water partition coefficient (Wildman–Crippen LogP) is 6.26. The molecule has 2 aromatic rings. The highest BCUT2D eigenvalue weighted by Crippen LogP contribution is 2.17. The largest absolute Gasteiger partial charge is 0.494 e. The van der Waals surface area contributed by atoms with Gasteiger partial charge in [0, 0.05) is 10.5 Å². The number of allylic oxidation sites excluding steroid dienone is 1. The van der Waals surface area contributed by atoms with Gasteiger partial charge < -0.3 is 4.74 Å². The van der Waals surface area contributed by atoms with E-state index in [2.05, 4.69) is 19.1 Å². The summed E-state index contributed by atoms with van der Waals surface area (Å²) in [5.74, 6) is 0.827. The van der Waals surface area contributed by atoms with E-state index in [0.717, 1.165) is 24.3 Å². The zero-order valence-electron chi connectivity index (χ0n) is 15.0. The monoisotopic (exact) mass is 354 g/mol. The second-order valence-electron chi connectivity index (χ2n) is 5.90. The van der Waals surface area contributed by atoms with Gasteiger partial charge >= 0.3 is 0 Å². The van der Waals surface area contributed by atoms with Gasteiger partial charge in [-0.2, -0.15) is 0 Å². The third-order valence-electron chi connectivity index (χ3n) is 3.95. The number of hydrogen-bond acceptors (Lipinski definition) is 3. The molecule has 0 N–H and O–H groups in total. The second kappa shape index (κ2) is 10.8. The van der Waals surface area contributed by atoms with E-state index in [4.69, 9.17) is 4.74 Å². The van der Waals surface area contributed by atoms with E-state index in [1.807, 2.05) is 48.7 Å². The van der Waals surface area contributed by atoms with Gasteiger partial charge in [0.1, 0.15) is 5.75 Å². The lowest BCUT2D eigenvalue weighted by molar-refractivity contribution is 0.104. The number of hydrogen-bond donors (Lipinski definition) is 0. The van der Waals surface area contributed by atoms with Gasteiger partial charge in [0.2, 0.25) is 0 Å². The molecule has 132 valence electrons. The third kappa shape index (κ3) is 6.79. The maximum atomic E-state index is 12.3. The maximum Gasteiger partial charge on any atom is 0.185 e.